The highest BCUT2D eigenvalue weighted by atomic mass is 16.2. The molecule has 1 aliphatic heterocycles. The molecule has 3 heteroatoms. The summed E-state index contributed by atoms with van der Waals surface area (Å²) < 4.78 is 0. The molecule has 1 aliphatic carbocycles. The molecule has 0 unspecified atom stereocenters. The Morgan fingerprint density at radius 3 is 2.71 bits per heavy atom. The van der Waals surface area contributed by atoms with Gasteiger partial charge in [-0.15, -0.1) is 0 Å². The predicted molar refractivity (Wildman–Crippen MR) is 64.2 cm³/mol. The normalized spacial score (nSPS) is 22.0. The number of rotatable bonds is 2. The van der Waals surface area contributed by atoms with Crippen LogP contribution in [0.3, 0.4) is 0 Å². The van der Waals surface area contributed by atoms with E-state index in [-0.39, 0.29) is 18.2 Å². The van der Waals surface area contributed by atoms with Crippen molar-refractivity contribution in [1.29, 1.82) is 0 Å². The van der Waals surface area contributed by atoms with Crippen molar-refractivity contribution in [2.45, 2.75) is 25.2 Å². The van der Waals surface area contributed by atoms with Crippen LogP contribution in [0.15, 0.2) is 29.8 Å². The summed E-state index contributed by atoms with van der Waals surface area (Å²) in [5, 5.41) is 2.29. The lowest BCUT2D eigenvalue weighted by Gasteiger charge is -2.00. The molecule has 1 saturated carbocycles. The van der Waals surface area contributed by atoms with Crippen molar-refractivity contribution in [2.75, 3.05) is 0 Å². The fraction of sp³-hybridized carbons (Fsp3) is 0.286. The number of benzene rings is 1. The summed E-state index contributed by atoms with van der Waals surface area (Å²) >= 11 is 0. The third-order valence-corrected chi connectivity index (χ3v) is 3.20. The van der Waals surface area contributed by atoms with Crippen molar-refractivity contribution < 1.29 is 9.59 Å². The number of amides is 2. The first-order chi connectivity index (χ1) is 8.22. The van der Waals surface area contributed by atoms with E-state index in [1.165, 1.54) is 18.4 Å². The minimum Gasteiger partial charge on any atom is -0.292 e. The number of carbonyl (C=O) groups is 2. The van der Waals surface area contributed by atoms with Crippen LogP contribution in [0.5, 0.6) is 0 Å². The van der Waals surface area contributed by atoms with Gasteiger partial charge in [0.1, 0.15) is 0 Å². The molecule has 1 N–H and O–H groups in total. The Labute approximate surface area is 99.5 Å². The van der Waals surface area contributed by atoms with Gasteiger partial charge in [-0.25, -0.2) is 0 Å². The van der Waals surface area contributed by atoms with Gasteiger partial charge in [-0.3, -0.25) is 14.9 Å². The smallest absolute Gasteiger partial charge is 0.254 e. The summed E-state index contributed by atoms with van der Waals surface area (Å²) in [6.45, 7) is 0. The third kappa shape index (κ3) is 2.13. The van der Waals surface area contributed by atoms with E-state index in [1.54, 1.807) is 0 Å². The van der Waals surface area contributed by atoms with Crippen LogP contribution in [0.25, 0.3) is 6.08 Å². The van der Waals surface area contributed by atoms with Gasteiger partial charge in [-0.1, -0.05) is 24.3 Å². The van der Waals surface area contributed by atoms with Crippen LogP contribution in [0.2, 0.25) is 0 Å². The first-order valence-electron chi connectivity index (χ1n) is 5.87. The molecule has 3 rings (SSSR count). The number of nitrogens with one attached hydrogen (secondary N) is 1. The lowest BCUT2D eigenvalue weighted by Crippen LogP contribution is -2.19. The molecule has 0 spiro atoms. The molecule has 0 bridgehead atoms. The number of hydrogen-bond donors (Lipinski definition) is 1. The molecule has 2 aliphatic rings. The summed E-state index contributed by atoms with van der Waals surface area (Å²) in [7, 11) is 0. The van der Waals surface area contributed by atoms with Crippen molar-refractivity contribution in [2.24, 2.45) is 0 Å². The topological polar surface area (TPSA) is 46.2 Å². The van der Waals surface area contributed by atoms with Gasteiger partial charge in [0.05, 0.1) is 6.42 Å². The zero-order valence-corrected chi connectivity index (χ0v) is 9.40. The summed E-state index contributed by atoms with van der Waals surface area (Å²) in [5.41, 5.74) is 2.90. The Hall–Kier alpha value is -1.90. The zero-order valence-electron chi connectivity index (χ0n) is 9.40. The van der Waals surface area contributed by atoms with Crippen LogP contribution in [-0.4, -0.2) is 11.8 Å². The Morgan fingerprint density at radius 1 is 1.24 bits per heavy atom. The molecule has 1 saturated heterocycles. The highest BCUT2D eigenvalue weighted by Crippen LogP contribution is 2.40. The second-order valence-electron chi connectivity index (χ2n) is 4.67. The maximum absolute atomic E-state index is 11.4. The molecule has 3 nitrogen and oxygen atoms in total. The molecule has 0 atom stereocenters. The minimum absolute atomic E-state index is 0.201. The highest BCUT2D eigenvalue weighted by Gasteiger charge is 2.25. The number of carbonyl (C=O) groups excluding carboxylic acids is 2. The Balaban J connectivity index is 1.89. The van der Waals surface area contributed by atoms with Crippen LogP contribution in [-0.2, 0) is 9.59 Å². The van der Waals surface area contributed by atoms with Crippen molar-refractivity contribution in [3.63, 3.8) is 0 Å². The minimum atomic E-state index is -0.258. The van der Waals surface area contributed by atoms with Crippen molar-refractivity contribution >= 4 is 17.9 Å². The van der Waals surface area contributed by atoms with Gasteiger partial charge in [0.25, 0.3) is 5.91 Å². The zero-order chi connectivity index (χ0) is 11.8. The monoisotopic (exact) mass is 227 g/mol. The molecule has 0 radical (unpaired) electrons. The molecular formula is C14H13NO2. The van der Waals surface area contributed by atoms with Crippen molar-refractivity contribution in [1.82, 2.24) is 5.32 Å². The number of imide groups is 1. The Bertz CT molecular complexity index is 527. The average Bonchev–Trinajstić information content (AvgIpc) is 3.08. The molecule has 2 amide bonds. The summed E-state index contributed by atoms with van der Waals surface area (Å²) in [5.74, 6) is 0.235. The lowest BCUT2D eigenvalue weighted by molar-refractivity contribution is -0.124. The molecule has 2 fully saturated rings. The molecule has 1 aromatic rings. The van der Waals surface area contributed by atoms with Crippen LogP contribution >= 0.6 is 0 Å². The lowest BCUT2D eigenvalue weighted by atomic mass is 10.0. The standard InChI is InChI=1S/C14H13NO2/c16-13-8-12(14(17)15-13)7-9-2-1-3-11(6-9)10-4-5-10/h1-3,6-7,10H,4-5,8H2,(H,15,16,17). The summed E-state index contributed by atoms with van der Waals surface area (Å²) in [6.07, 6.45) is 4.54. The van der Waals surface area contributed by atoms with Gasteiger partial charge < -0.3 is 0 Å². The molecule has 1 aromatic carbocycles. The van der Waals surface area contributed by atoms with Gasteiger partial charge in [-0.05, 0) is 36.0 Å². The highest BCUT2D eigenvalue weighted by molar-refractivity contribution is 6.15. The maximum atomic E-state index is 11.4. The molecular weight excluding hydrogens is 214 g/mol. The van der Waals surface area contributed by atoms with E-state index in [9.17, 15) is 9.59 Å². The van der Waals surface area contributed by atoms with Crippen LogP contribution in [0.4, 0.5) is 0 Å². The van der Waals surface area contributed by atoms with Gasteiger partial charge in [-0.2, -0.15) is 0 Å². The number of hydrogen-bond acceptors (Lipinski definition) is 2. The van der Waals surface area contributed by atoms with E-state index in [0.717, 1.165) is 5.56 Å². The fourth-order valence-electron chi connectivity index (χ4n) is 2.14. The van der Waals surface area contributed by atoms with Crippen LogP contribution in [0, 0.1) is 0 Å². The largest absolute Gasteiger partial charge is 0.292 e. The Kier molecular flexibility index (Phi) is 2.32. The van der Waals surface area contributed by atoms with Crippen LogP contribution in [0.1, 0.15) is 36.3 Å². The van der Waals surface area contributed by atoms with E-state index in [0.29, 0.717) is 11.5 Å². The molecule has 17 heavy (non-hydrogen) atoms. The molecule has 86 valence electrons. The second-order valence-corrected chi connectivity index (χ2v) is 4.67. The van der Waals surface area contributed by atoms with E-state index in [4.69, 9.17) is 0 Å². The van der Waals surface area contributed by atoms with Crippen molar-refractivity contribution in [3.8, 4) is 0 Å². The fourth-order valence-corrected chi connectivity index (χ4v) is 2.14. The van der Waals surface area contributed by atoms with E-state index in [1.807, 2.05) is 18.2 Å². The third-order valence-electron chi connectivity index (χ3n) is 3.20. The molecule has 0 aromatic heterocycles. The van der Waals surface area contributed by atoms with Gasteiger partial charge in [0.2, 0.25) is 5.91 Å². The van der Waals surface area contributed by atoms with Gasteiger partial charge in [0.15, 0.2) is 0 Å². The SMILES string of the molecule is O=C1CC(=Cc2cccc(C3CC3)c2)C(=O)N1. The van der Waals surface area contributed by atoms with Gasteiger partial charge >= 0.3 is 0 Å². The first-order valence-corrected chi connectivity index (χ1v) is 5.87. The maximum Gasteiger partial charge on any atom is 0.254 e. The predicted octanol–water partition coefficient (Wildman–Crippen LogP) is 1.99. The van der Waals surface area contributed by atoms with Crippen molar-refractivity contribution in [3.05, 3.63) is 41.0 Å². The first kappa shape index (κ1) is 10.3. The quantitative estimate of drug-likeness (QED) is 0.620. The Morgan fingerprint density at radius 2 is 2.06 bits per heavy atom. The average molecular weight is 227 g/mol. The van der Waals surface area contributed by atoms with E-state index >= 15 is 0 Å². The van der Waals surface area contributed by atoms with E-state index in [2.05, 4.69) is 17.4 Å². The second kappa shape index (κ2) is 3.84. The van der Waals surface area contributed by atoms with Crippen LogP contribution < -0.4 is 5.32 Å². The molecule has 1 heterocycles. The van der Waals surface area contributed by atoms with Gasteiger partial charge in [0, 0.05) is 5.57 Å². The summed E-state index contributed by atoms with van der Waals surface area (Å²) in [4.78, 5) is 22.5. The summed E-state index contributed by atoms with van der Waals surface area (Å²) in [6, 6.07) is 8.21. The van der Waals surface area contributed by atoms with E-state index < -0.39 is 0 Å².